The highest BCUT2D eigenvalue weighted by Crippen LogP contribution is 2.29. The number of halogens is 1. The average molecular weight is 373 g/mol. The van der Waals surface area contributed by atoms with Gasteiger partial charge in [-0.3, -0.25) is 4.31 Å². The Morgan fingerprint density at radius 1 is 1.43 bits per heavy atom. The summed E-state index contributed by atoms with van der Waals surface area (Å²) in [5.74, 6) is 0.660. The van der Waals surface area contributed by atoms with Gasteiger partial charge in [0.1, 0.15) is 5.82 Å². The standard InChI is InChI=1S/C13H17BrN4O2S/c1-4-18-8-13(16-9(18)2)21(19,20)17(3)12-6-5-10(14)7-11(12)15/h5-8H,4,15H2,1-3H3. The van der Waals surface area contributed by atoms with Crippen molar-refractivity contribution in [2.45, 2.75) is 25.4 Å². The lowest BCUT2D eigenvalue weighted by Crippen LogP contribution is -2.27. The Kier molecular flexibility index (Phi) is 4.29. The van der Waals surface area contributed by atoms with E-state index in [0.717, 1.165) is 8.78 Å². The Hall–Kier alpha value is -1.54. The molecule has 0 fully saturated rings. The largest absolute Gasteiger partial charge is 0.397 e. The zero-order valence-corrected chi connectivity index (χ0v) is 14.4. The van der Waals surface area contributed by atoms with Crippen molar-refractivity contribution in [2.75, 3.05) is 17.1 Å². The maximum atomic E-state index is 12.6. The summed E-state index contributed by atoms with van der Waals surface area (Å²) >= 11 is 3.30. The van der Waals surface area contributed by atoms with E-state index in [1.165, 1.54) is 13.2 Å². The summed E-state index contributed by atoms with van der Waals surface area (Å²) < 4.78 is 29.0. The van der Waals surface area contributed by atoms with Gasteiger partial charge < -0.3 is 10.3 Å². The third-order valence-electron chi connectivity index (χ3n) is 3.25. The van der Waals surface area contributed by atoms with Gasteiger partial charge in [-0.1, -0.05) is 15.9 Å². The highest BCUT2D eigenvalue weighted by molar-refractivity contribution is 9.10. The first-order chi connectivity index (χ1) is 9.77. The summed E-state index contributed by atoms with van der Waals surface area (Å²) in [7, 11) is -2.27. The molecule has 0 saturated carbocycles. The second-order valence-electron chi connectivity index (χ2n) is 4.59. The number of hydrogen-bond acceptors (Lipinski definition) is 4. The van der Waals surface area contributed by atoms with Crippen LogP contribution in [0.2, 0.25) is 0 Å². The number of aryl methyl sites for hydroxylation is 2. The van der Waals surface area contributed by atoms with Gasteiger partial charge in [0.05, 0.1) is 11.4 Å². The molecule has 0 amide bonds. The van der Waals surface area contributed by atoms with Crippen LogP contribution >= 0.6 is 15.9 Å². The van der Waals surface area contributed by atoms with Gasteiger partial charge in [-0.05, 0) is 32.0 Å². The summed E-state index contributed by atoms with van der Waals surface area (Å²) in [6, 6.07) is 5.06. The summed E-state index contributed by atoms with van der Waals surface area (Å²) in [4.78, 5) is 4.13. The van der Waals surface area contributed by atoms with Crippen molar-refractivity contribution in [2.24, 2.45) is 0 Å². The Balaban J connectivity index is 2.47. The molecule has 2 N–H and O–H groups in total. The van der Waals surface area contributed by atoms with Gasteiger partial charge in [-0.2, -0.15) is 8.42 Å². The number of aromatic nitrogens is 2. The summed E-state index contributed by atoms with van der Waals surface area (Å²) in [6.45, 7) is 4.37. The summed E-state index contributed by atoms with van der Waals surface area (Å²) in [6.07, 6.45) is 1.54. The molecule has 2 aromatic rings. The lowest BCUT2D eigenvalue weighted by atomic mass is 10.3. The fourth-order valence-electron chi connectivity index (χ4n) is 2.01. The summed E-state index contributed by atoms with van der Waals surface area (Å²) in [5, 5.41) is 0.0201. The van der Waals surface area contributed by atoms with Crippen molar-refractivity contribution in [1.29, 1.82) is 0 Å². The molecule has 0 aliphatic carbocycles. The molecule has 21 heavy (non-hydrogen) atoms. The van der Waals surface area contributed by atoms with Gasteiger partial charge in [-0.15, -0.1) is 0 Å². The minimum atomic E-state index is -3.73. The number of sulfonamides is 1. The first kappa shape index (κ1) is 15.8. The predicted molar refractivity (Wildman–Crippen MR) is 86.8 cm³/mol. The van der Waals surface area contributed by atoms with E-state index in [1.54, 1.807) is 29.7 Å². The van der Waals surface area contributed by atoms with Crippen molar-refractivity contribution < 1.29 is 8.42 Å². The van der Waals surface area contributed by atoms with E-state index < -0.39 is 10.0 Å². The fourth-order valence-corrected chi connectivity index (χ4v) is 3.60. The Morgan fingerprint density at radius 2 is 2.10 bits per heavy atom. The van der Waals surface area contributed by atoms with E-state index >= 15 is 0 Å². The van der Waals surface area contributed by atoms with Crippen LogP contribution in [0.15, 0.2) is 33.9 Å². The number of imidazole rings is 1. The Labute approximate surface area is 132 Å². The smallest absolute Gasteiger partial charge is 0.283 e. The number of nitrogens with zero attached hydrogens (tertiary/aromatic N) is 3. The lowest BCUT2D eigenvalue weighted by molar-refractivity contribution is 0.591. The molecule has 1 heterocycles. The quantitative estimate of drug-likeness (QED) is 0.835. The molecule has 0 aliphatic rings. The average Bonchev–Trinajstić information content (AvgIpc) is 2.80. The zero-order valence-electron chi connectivity index (χ0n) is 12.0. The van der Waals surface area contributed by atoms with Gasteiger partial charge in [0.15, 0.2) is 5.03 Å². The number of hydrogen-bond donors (Lipinski definition) is 1. The number of nitrogen functional groups attached to an aromatic ring is 1. The first-order valence-electron chi connectivity index (χ1n) is 6.35. The maximum Gasteiger partial charge on any atom is 0.283 e. The molecule has 114 valence electrons. The van der Waals surface area contributed by atoms with Gasteiger partial charge in [-0.25, -0.2) is 4.98 Å². The molecule has 6 nitrogen and oxygen atoms in total. The third-order valence-corrected chi connectivity index (χ3v) is 5.38. The Morgan fingerprint density at radius 3 is 2.62 bits per heavy atom. The summed E-state index contributed by atoms with van der Waals surface area (Å²) in [5.41, 5.74) is 6.69. The molecule has 0 spiro atoms. The molecule has 0 bridgehead atoms. The molecule has 1 aromatic heterocycles. The van der Waals surface area contributed by atoms with Crippen LogP contribution < -0.4 is 10.0 Å². The monoisotopic (exact) mass is 372 g/mol. The lowest BCUT2D eigenvalue weighted by Gasteiger charge is -2.19. The molecule has 1 aromatic carbocycles. The van der Waals surface area contributed by atoms with Gasteiger partial charge in [0.2, 0.25) is 0 Å². The highest BCUT2D eigenvalue weighted by atomic mass is 79.9. The topological polar surface area (TPSA) is 81.2 Å². The van der Waals surface area contributed by atoms with Crippen LogP contribution in [0, 0.1) is 6.92 Å². The van der Waals surface area contributed by atoms with Gasteiger partial charge in [0, 0.05) is 24.3 Å². The zero-order chi connectivity index (χ0) is 15.8. The minimum absolute atomic E-state index is 0.0201. The normalized spacial score (nSPS) is 11.6. The van der Waals surface area contributed by atoms with E-state index in [1.807, 2.05) is 6.92 Å². The molecule has 2 rings (SSSR count). The van der Waals surface area contributed by atoms with Crippen LogP contribution in [0.3, 0.4) is 0 Å². The van der Waals surface area contributed by atoms with Crippen LogP contribution in [-0.4, -0.2) is 25.0 Å². The molecule has 0 atom stereocenters. The number of rotatable bonds is 4. The van der Waals surface area contributed by atoms with Crippen molar-refractivity contribution >= 4 is 37.3 Å². The minimum Gasteiger partial charge on any atom is -0.397 e. The van der Waals surface area contributed by atoms with Gasteiger partial charge >= 0.3 is 0 Å². The first-order valence-corrected chi connectivity index (χ1v) is 8.58. The number of anilines is 2. The van der Waals surface area contributed by atoms with E-state index in [9.17, 15) is 8.42 Å². The molecule has 0 saturated heterocycles. The molecule has 0 radical (unpaired) electrons. The van der Waals surface area contributed by atoms with E-state index in [0.29, 0.717) is 23.7 Å². The van der Waals surface area contributed by atoms with Crippen LogP contribution in [0.1, 0.15) is 12.7 Å². The predicted octanol–water partition coefficient (Wildman–Crippen LogP) is 2.38. The molecular formula is C13H17BrN4O2S. The van der Waals surface area contributed by atoms with E-state index in [-0.39, 0.29) is 5.03 Å². The van der Waals surface area contributed by atoms with Crippen molar-refractivity contribution in [1.82, 2.24) is 9.55 Å². The van der Waals surface area contributed by atoms with Crippen LogP contribution in [0.5, 0.6) is 0 Å². The van der Waals surface area contributed by atoms with Gasteiger partial charge in [0.25, 0.3) is 10.0 Å². The Bertz CT molecular complexity index is 770. The second kappa shape index (κ2) is 5.69. The third kappa shape index (κ3) is 2.91. The van der Waals surface area contributed by atoms with Crippen LogP contribution in [0.25, 0.3) is 0 Å². The van der Waals surface area contributed by atoms with Crippen molar-refractivity contribution in [3.05, 3.63) is 34.7 Å². The SMILES string of the molecule is CCn1cc(S(=O)(=O)N(C)c2ccc(Br)cc2N)nc1C. The second-order valence-corrected chi connectivity index (χ2v) is 7.42. The van der Waals surface area contributed by atoms with E-state index in [4.69, 9.17) is 5.73 Å². The van der Waals surface area contributed by atoms with Crippen molar-refractivity contribution in [3.63, 3.8) is 0 Å². The maximum absolute atomic E-state index is 12.6. The number of nitrogens with two attached hydrogens (primary N) is 1. The van der Waals surface area contributed by atoms with Crippen LogP contribution in [0.4, 0.5) is 11.4 Å². The fraction of sp³-hybridized carbons (Fsp3) is 0.308. The highest BCUT2D eigenvalue weighted by Gasteiger charge is 2.26. The molecular weight excluding hydrogens is 356 g/mol. The van der Waals surface area contributed by atoms with E-state index in [2.05, 4.69) is 20.9 Å². The molecule has 0 aliphatic heterocycles. The van der Waals surface area contributed by atoms with Crippen molar-refractivity contribution in [3.8, 4) is 0 Å². The van der Waals surface area contributed by atoms with Crippen LogP contribution in [-0.2, 0) is 16.6 Å². The number of benzene rings is 1. The molecule has 0 unspecified atom stereocenters. The molecule has 8 heteroatoms.